The fourth-order valence-corrected chi connectivity index (χ4v) is 2.69. The van der Waals surface area contributed by atoms with Gasteiger partial charge in [-0.25, -0.2) is 0 Å². The summed E-state index contributed by atoms with van der Waals surface area (Å²) >= 11 is 0. The predicted octanol–water partition coefficient (Wildman–Crippen LogP) is 3.08. The first-order valence-electron chi connectivity index (χ1n) is 6.84. The summed E-state index contributed by atoms with van der Waals surface area (Å²) in [7, 11) is 0. The van der Waals surface area contributed by atoms with Crippen LogP contribution < -0.4 is 5.73 Å². The highest BCUT2D eigenvalue weighted by Crippen LogP contribution is 2.17. The molecule has 0 saturated carbocycles. The second kappa shape index (κ2) is 6.06. The monoisotopic (exact) mass is 232 g/mol. The topological polar surface area (TPSA) is 29.3 Å². The van der Waals surface area contributed by atoms with Crippen LogP contribution in [-0.2, 0) is 6.42 Å². The Morgan fingerprint density at radius 1 is 1.29 bits per heavy atom. The average Bonchev–Trinajstić information content (AvgIpc) is 2.52. The van der Waals surface area contributed by atoms with E-state index in [0.717, 1.165) is 18.2 Å². The van der Waals surface area contributed by atoms with Gasteiger partial charge in [0.25, 0.3) is 0 Å². The Balaban J connectivity index is 1.88. The number of nitrogens with two attached hydrogens (primary N) is 1. The maximum absolute atomic E-state index is 5.81. The molecule has 1 aromatic carbocycles. The molecule has 0 aliphatic carbocycles. The van der Waals surface area contributed by atoms with Gasteiger partial charge in [-0.2, -0.15) is 0 Å². The summed E-state index contributed by atoms with van der Waals surface area (Å²) < 4.78 is 0. The lowest BCUT2D eigenvalue weighted by Crippen LogP contribution is -2.34. The second-order valence-electron chi connectivity index (χ2n) is 5.23. The lowest BCUT2D eigenvalue weighted by Gasteiger charge is -2.26. The third-order valence-electron chi connectivity index (χ3n) is 3.83. The molecule has 94 valence electrons. The van der Waals surface area contributed by atoms with Crippen LogP contribution in [0.5, 0.6) is 0 Å². The minimum Gasteiger partial charge on any atom is -0.399 e. The summed E-state index contributed by atoms with van der Waals surface area (Å²) in [6.07, 6.45) is 6.64. The first kappa shape index (κ1) is 12.4. The lowest BCUT2D eigenvalue weighted by atomic mass is 10.1. The van der Waals surface area contributed by atoms with Crippen molar-refractivity contribution in [2.24, 2.45) is 0 Å². The quantitative estimate of drug-likeness (QED) is 0.812. The number of benzene rings is 1. The molecule has 2 rings (SSSR count). The van der Waals surface area contributed by atoms with Crippen molar-refractivity contribution >= 4 is 5.69 Å². The fraction of sp³-hybridized carbons (Fsp3) is 0.600. The van der Waals surface area contributed by atoms with Crippen LogP contribution in [0, 0.1) is 0 Å². The number of likely N-dealkylation sites (tertiary alicyclic amines) is 1. The summed E-state index contributed by atoms with van der Waals surface area (Å²) in [5.41, 5.74) is 8.05. The van der Waals surface area contributed by atoms with Gasteiger partial charge in [-0.3, -0.25) is 0 Å². The minimum atomic E-state index is 0.749. The molecule has 2 nitrogen and oxygen atoms in total. The van der Waals surface area contributed by atoms with Gasteiger partial charge in [0, 0.05) is 18.3 Å². The van der Waals surface area contributed by atoms with Crippen LogP contribution in [0.3, 0.4) is 0 Å². The molecule has 2 heteroatoms. The van der Waals surface area contributed by atoms with Gasteiger partial charge in [0.1, 0.15) is 0 Å². The lowest BCUT2D eigenvalue weighted by molar-refractivity contribution is 0.216. The van der Waals surface area contributed by atoms with Crippen LogP contribution in [0.4, 0.5) is 5.69 Å². The maximum Gasteiger partial charge on any atom is 0.0316 e. The highest BCUT2D eigenvalue weighted by atomic mass is 15.1. The van der Waals surface area contributed by atoms with Crippen molar-refractivity contribution in [3.63, 3.8) is 0 Å². The van der Waals surface area contributed by atoms with E-state index in [0.29, 0.717) is 0 Å². The normalized spacial score (nSPS) is 22.3. The van der Waals surface area contributed by atoms with Crippen LogP contribution in [0.1, 0.15) is 38.2 Å². The van der Waals surface area contributed by atoms with Gasteiger partial charge in [-0.1, -0.05) is 25.0 Å². The molecule has 0 spiro atoms. The van der Waals surface area contributed by atoms with Gasteiger partial charge in [0.15, 0.2) is 0 Å². The van der Waals surface area contributed by atoms with Crippen molar-refractivity contribution in [2.75, 3.05) is 18.8 Å². The second-order valence-corrected chi connectivity index (χ2v) is 5.23. The molecular formula is C15H24N2. The number of nitrogens with zero attached hydrogens (tertiary/aromatic N) is 1. The third-order valence-corrected chi connectivity index (χ3v) is 3.83. The number of hydrogen-bond acceptors (Lipinski definition) is 2. The van der Waals surface area contributed by atoms with E-state index in [1.807, 2.05) is 6.07 Å². The zero-order valence-electron chi connectivity index (χ0n) is 10.9. The molecule has 1 aliphatic heterocycles. The van der Waals surface area contributed by atoms with E-state index in [1.165, 1.54) is 44.3 Å². The SMILES string of the molecule is CC1CCCCCN1CCc1cccc(N)c1. The molecule has 0 aromatic heterocycles. The molecule has 1 fully saturated rings. The predicted molar refractivity (Wildman–Crippen MR) is 74.1 cm³/mol. The molecule has 0 amide bonds. The van der Waals surface area contributed by atoms with Crippen molar-refractivity contribution in [3.8, 4) is 0 Å². The van der Waals surface area contributed by atoms with Crippen LogP contribution in [0.15, 0.2) is 24.3 Å². The Hall–Kier alpha value is -1.02. The first-order chi connectivity index (χ1) is 8.25. The van der Waals surface area contributed by atoms with E-state index in [4.69, 9.17) is 5.73 Å². The Kier molecular flexibility index (Phi) is 4.43. The molecular weight excluding hydrogens is 208 g/mol. The van der Waals surface area contributed by atoms with E-state index < -0.39 is 0 Å². The largest absolute Gasteiger partial charge is 0.399 e. The fourth-order valence-electron chi connectivity index (χ4n) is 2.69. The van der Waals surface area contributed by atoms with E-state index in [1.54, 1.807) is 0 Å². The average molecular weight is 232 g/mol. The first-order valence-corrected chi connectivity index (χ1v) is 6.84. The summed E-state index contributed by atoms with van der Waals surface area (Å²) in [5.74, 6) is 0. The minimum absolute atomic E-state index is 0.749. The van der Waals surface area contributed by atoms with Crippen molar-refractivity contribution in [2.45, 2.75) is 45.1 Å². The highest BCUT2D eigenvalue weighted by molar-refractivity contribution is 5.40. The Morgan fingerprint density at radius 2 is 2.18 bits per heavy atom. The Morgan fingerprint density at radius 3 is 3.00 bits per heavy atom. The molecule has 1 aliphatic rings. The zero-order valence-corrected chi connectivity index (χ0v) is 10.9. The zero-order chi connectivity index (χ0) is 12.1. The molecule has 17 heavy (non-hydrogen) atoms. The number of rotatable bonds is 3. The third kappa shape index (κ3) is 3.74. The smallest absolute Gasteiger partial charge is 0.0316 e. The van der Waals surface area contributed by atoms with Crippen molar-refractivity contribution in [1.29, 1.82) is 0 Å². The van der Waals surface area contributed by atoms with Crippen LogP contribution in [-0.4, -0.2) is 24.0 Å². The maximum atomic E-state index is 5.81. The summed E-state index contributed by atoms with van der Waals surface area (Å²) in [6, 6.07) is 9.04. The van der Waals surface area contributed by atoms with Gasteiger partial charge in [-0.15, -0.1) is 0 Å². The van der Waals surface area contributed by atoms with Gasteiger partial charge in [0.2, 0.25) is 0 Å². The van der Waals surface area contributed by atoms with Gasteiger partial charge in [-0.05, 0) is 50.4 Å². The van der Waals surface area contributed by atoms with Crippen molar-refractivity contribution < 1.29 is 0 Å². The molecule has 1 atom stereocenters. The van der Waals surface area contributed by atoms with E-state index >= 15 is 0 Å². The molecule has 1 heterocycles. The number of anilines is 1. The molecule has 1 saturated heterocycles. The molecule has 2 N–H and O–H groups in total. The number of nitrogen functional groups attached to an aromatic ring is 1. The van der Waals surface area contributed by atoms with Gasteiger partial charge in [0.05, 0.1) is 0 Å². The van der Waals surface area contributed by atoms with Gasteiger partial charge < -0.3 is 10.6 Å². The molecule has 0 radical (unpaired) electrons. The summed E-state index contributed by atoms with van der Waals surface area (Å²) in [5, 5.41) is 0. The molecule has 1 unspecified atom stereocenters. The summed E-state index contributed by atoms with van der Waals surface area (Å²) in [4.78, 5) is 2.64. The van der Waals surface area contributed by atoms with Gasteiger partial charge >= 0.3 is 0 Å². The summed E-state index contributed by atoms with van der Waals surface area (Å²) in [6.45, 7) is 4.80. The van der Waals surface area contributed by atoms with Crippen molar-refractivity contribution in [1.82, 2.24) is 4.90 Å². The van der Waals surface area contributed by atoms with Crippen molar-refractivity contribution in [3.05, 3.63) is 29.8 Å². The Bertz CT molecular complexity index is 349. The van der Waals surface area contributed by atoms with E-state index in [2.05, 4.69) is 30.0 Å². The highest BCUT2D eigenvalue weighted by Gasteiger charge is 2.16. The standard InChI is InChI=1S/C15H24N2/c1-13-6-3-2-4-10-17(13)11-9-14-7-5-8-15(16)12-14/h5,7-8,12-13H,2-4,6,9-11,16H2,1H3. The van der Waals surface area contributed by atoms with Crippen LogP contribution in [0.25, 0.3) is 0 Å². The van der Waals surface area contributed by atoms with Crippen LogP contribution in [0.2, 0.25) is 0 Å². The Labute approximate surface area is 105 Å². The van der Waals surface area contributed by atoms with E-state index in [9.17, 15) is 0 Å². The molecule has 1 aromatic rings. The van der Waals surface area contributed by atoms with Crippen LogP contribution >= 0.6 is 0 Å². The van der Waals surface area contributed by atoms with E-state index in [-0.39, 0.29) is 0 Å². The molecule has 0 bridgehead atoms. The number of hydrogen-bond donors (Lipinski definition) is 1.